The summed E-state index contributed by atoms with van der Waals surface area (Å²) in [6, 6.07) is 11.7. The van der Waals surface area contributed by atoms with Crippen LogP contribution in [0.15, 0.2) is 57.2 Å². The molecule has 1 aliphatic rings. The molecule has 5 nitrogen and oxygen atoms in total. The number of rotatable bonds is 3. The fourth-order valence-corrected chi connectivity index (χ4v) is 4.99. The molecule has 5 rings (SSSR count). The third kappa shape index (κ3) is 2.67. The van der Waals surface area contributed by atoms with Gasteiger partial charge in [0.1, 0.15) is 11.1 Å². The van der Waals surface area contributed by atoms with Crippen molar-refractivity contribution in [1.29, 1.82) is 0 Å². The number of hydrogen-bond donors (Lipinski definition) is 1. The molecule has 4 heterocycles. The Hall–Kier alpha value is -3.12. The average Bonchev–Trinajstić information content (AvgIpc) is 3.34. The first-order valence-electron chi connectivity index (χ1n) is 9.54. The zero-order valence-electron chi connectivity index (χ0n) is 16.0. The molecular formula is C23H19NO4S. The van der Waals surface area contributed by atoms with Gasteiger partial charge in [-0.1, -0.05) is 32.0 Å². The summed E-state index contributed by atoms with van der Waals surface area (Å²) in [6.45, 7) is 4.22. The number of pyridine rings is 1. The molecule has 29 heavy (non-hydrogen) atoms. The minimum atomic E-state index is -1.21. The molecule has 0 radical (unpaired) electrons. The first-order valence-corrected chi connectivity index (χ1v) is 10.4. The minimum Gasteiger partial charge on any atom is -0.477 e. The van der Waals surface area contributed by atoms with Gasteiger partial charge in [0, 0.05) is 39.7 Å². The van der Waals surface area contributed by atoms with E-state index in [9.17, 15) is 14.7 Å². The van der Waals surface area contributed by atoms with Crippen LogP contribution in [0.5, 0.6) is 0 Å². The van der Waals surface area contributed by atoms with Gasteiger partial charge in [-0.05, 0) is 29.9 Å². The number of furan rings is 1. The van der Waals surface area contributed by atoms with Crippen molar-refractivity contribution in [2.24, 2.45) is 5.92 Å². The number of aromatic nitrogens is 1. The van der Waals surface area contributed by atoms with Gasteiger partial charge < -0.3 is 14.1 Å². The Morgan fingerprint density at radius 2 is 2.10 bits per heavy atom. The lowest BCUT2D eigenvalue weighted by Crippen LogP contribution is -2.27. The Balaban J connectivity index is 1.83. The number of carboxylic acid groups (broad SMARTS) is 1. The van der Waals surface area contributed by atoms with E-state index in [0.717, 1.165) is 33.4 Å². The van der Waals surface area contributed by atoms with E-state index >= 15 is 0 Å². The van der Waals surface area contributed by atoms with Gasteiger partial charge >= 0.3 is 5.97 Å². The Kier molecular flexibility index (Phi) is 3.99. The quantitative estimate of drug-likeness (QED) is 0.492. The number of thiophene rings is 1. The van der Waals surface area contributed by atoms with Gasteiger partial charge in [0.25, 0.3) is 0 Å². The summed E-state index contributed by atoms with van der Waals surface area (Å²) in [5.74, 6) is -0.283. The van der Waals surface area contributed by atoms with Crippen LogP contribution in [-0.2, 0) is 6.42 Å². The smallest absolute Gasteiger partial charge is 0.341 e. The van der Waals surface area contributed by atoms with Crippen molar-refractivity contribution in [3.05, 3.63) is 69.3 Å². The molecule has 0 spiro atoms. The zero-order chi connectivity index (χ0) is 20.3. The molecule has 1 N–H and O–H groups in total. The van der Waals surface area contributed by atoms with Gasteiger partial charge in [-0.2, -0.15) is 0 Å². The first kappa shape index (κ1) is 17.9. The van der Waals surface area contributed by atoms with E-state index in [2.05, 4.69) is 26.0 Å². The van der Waals surface area contributed by atoms with Gasteiger partial charge in [-0.3, -0.25) is 4.79 Å². The molecule has 1 aliphatic heterocycles. The average molecular weight is 405 g/mol. The van der Waals surface area contributed by atoms with Crippen molar-refractivity contribution < 1.29 is 14.3 Å². The molecule has 0 saturated heterocycles. The second kappa shape index (κ2) is 6.46. The molecule has 0 amide bonds. The molecule has 3 aromatic heterocycles. The molecule has 1 atom stereocenters. The van der Waals surface area contributed by atoms with E-state index in [1.807, 2.05) is 28.1 Å². The predicted octanol–water partition coefficient (Wildman–Crippen LogP) is 5.44. The Bertz CT molecular complexity index is 1310. The number of hydrogen-bond acceptors (Lipinski definition) is 4. The van der Waals surface area contributed by atoms with Crippen molar-refractivity contribution in [1.82, 2.24) is 4.57 Å². The maximum Gasteiger partial charge on any atom is 0.341 e. The van der Waals surface area contributed by atoms with Crippen LogP contribution in [0.4, 0.5) is 0 Å². The number of benzene rings is 1. The van der Waals surface area contributed by atoms with Crippen LogP contribution >= 0.6 is 11.3 Å². The van der Waals surface area contributed by atoms with E-state index in [4.69, 9.17) is 4.42 Å². The third-order valence-electron chi connectivity index (χ3n) is 5.69. The Morgan fingerprint density at radius 1 is 1.28 bits per heavy atom. The number of fused-ring (bicyclic) bond motifs is 5. The van der Waals surface area contributed by atoms with Crippen LogP contribution in [0, 0.1) is 5.92 Å². The molecule has 1 unspecified atom stereocenters. The first-order chi connectivity index (χ1) is 14.0. The fourth-order valence-electron chi connectivity index (χ4n) is 4.24. The van der Waals surface area contributed by atoms with Gasteiger partial charge in [-0.15, -0.1) is 11.3 Å². The Labute approximate surface area is 170 Å². The SMILES string of the molecule is CC(C)C1Cc2c(oc3c(-c4cccs4)cccc23)-c2cc(=O)c(C(=O)O)cn21. The lowest BCUT2D eigenvalue weighted by Gasteiger charge is -2.31. The predicted molar refractivity (Wildman–Crippen MR) is 114 cm³/mol. The van der Waals surface area contributed by atoms with Crippen molar-refractivity contribution in [3.63, 3.8) is 0 Å². The number of carbonyl (C=O) groups is 1. The van der Waals surface area contributed by atoms with Crippen LogP contribution in [0.1, 0.15) is 35.8 Å². The van der Waals surface area contributed by atoms with E-state index in [1.165, 1.54) is 12.3 Å². The third-order valence-corrected chi connectivity index (χ3v) is 6.59. The maximum absolute atomic E-state index is 12.5. The van der Waals surface area contributed by atoms with Crippen molar-refractivity contribution in [2.45, 2.75) is 26.3 Å². The summed E-state index contributed by atoms with van der Waals surface area (Å²) in [7, 11) is 0. The molecule has 0 bridgehead atoms. The lowest BCUT2D eigenvalue weighted by molar-refractivity contribution is 0.0694. The fraction of sp³-hybridized carbons (Fsp3) is 0.217. The van der Waals surface area contributed by atoms with Crippen LogP contribution < -0.4 is 5.43 Å². The maximum atomic E-state index is 12.5. The van der Waals surface area contributed by atoms with Crippen molar-refractivity contribution in [3.8, 4) is 21.9 Å². The second-order valence-corrected chi connectivity index (χ2v) is 8.68. The summed E-state index contributed by atoms with van der Waals surface area (Å²) >= 11 is 1.65. The molecule has 0 saturated carbocycles. The molecule has 0 aliphatic carbocycles. The Morgan fingerprint density at radius 3 is 2.79 bits per heavy atom. The van der Waals surface area contributed by atoms with Crippen LogP contribution in [0.3, 0.4) is 0 Å². The number of aromatic carboxylic acids is 1. The summed E-state index contributed by atoms with van der Waals surface area (Å²) < 4.78 is 8.26. The zero-order valence-corrected chi connectivity index (χ0v) is 16.8. The monoisotopic (exact) mass is 405 g/mol. The van der Waals surface area contributed by atoms with Gasteiger partial charge in [0.2, 0.25) is 0 Å². The molecular weight excluding hydrogens is 386 g/mol. The molecule has 146 valence electrons. The van der Waals surface area contributed by atoms with Crippen LogP contribution in [0.2, 0.25) is 0 Å². The minimum absolute atomic E-state index is 0.0439. The molecule has 6 heteroatoms. The summed E-state index contributed by atoms with van der Waals surface area (Å²) in [6.07, 6.45) is 2.20. The van der Waals surface area contributed by atoms with Gasteiger partial charge in [0.15, 0.2) is 11.2 Å². The highest BCUT2D eigenvalue weighted by Crippen LogP contribution is 2.45. The van der Waals surface area contributed by atoms with E-state index in [1.54, 1.807) is 11.3 Å². The standard InChI is InChI=1S/C23H19NO4S/c1-12(2)17-9-15-13-5-3-6-14(20-7-4-8-29-20)21(13)28-22(15)18-10-19(25)16(23(26)27)11-24(17)18/h3-8,10-12,17H,9H2,1-2H3,(H,26,27). The highest BCUT2D eigenvalue weighted by atomic mass is 32.1. The second-order valence-electron chi connectivity index (χ2n) is 7.73. The van der Waals surface area contributed by atoms with Crippen LogP contribution in [0.25, 0.3) is 32.9 Å². The molecule has 1 aromatic carbocycles. The highest BCUT2D eigenvalue weighted by Gasteiger charge is 2.32. The van der Waals surface area contributed by atoms with Crippen molar-refractivity contribution >= 4 is 28.3 Å². The lowest BCUT2D eigenvalue weighted by atomic mass is 9.89. The van der Waals surface area contributed by atoms with E-state index in [-0.39, 0.29) is 17.5 Å². The van der Waals surface area contributed by atoms with Crippen molar-refractivity contribution in [2.75, 3.05) is 0 Å². The van der Waals surface area contributed by atoms with Crippen LogP contribution in [-0.4, -0.2) is 15.6 Å². The van der Waals surface area contributed by atoms with Gasteiger partial charge in [-0.25, -0.2) is 4.79 Å². The van der Waals surface area contributed by atoms with Gasteiger partial charge in [0.05, 0.1) is 5.69 Å². The largest absolute Gasteiger partial charge is 0.477 e. The summed E-state index contributed by atoms with van der Waals surface area (Å²) in [5, 5.41) is 12.5. The molecule has 4 aromatic rings. The number of nitrogens with zero attached hydrogens (tertiary/aromatic N) is 1. The van der Waals surface area contributed by atoms with E-state index < -0.39 is 11.4 Å². The highest BCUT2D eigenvalue weighted by molar-refractivity contribution is 7.13. The van der Waals surface area contributed by atoms with E-state index in [0.29, 0.717) is 11.5 Å². The molecule has 0 fully saturated rings. The number of carboxylic acids is 1. The number of para-hydroxylation sites is 1. The topological polar surface area (TPSA) is 72.4 Å². The normalized spacial score (nSPS) is 15.5. The summed E-state index contributed by atoms with van der Waals surface area (Å²) in [4.78, 5) is 25.1. The summed E-state index contributed by atoms with van der Waals surface area (Å²) in [5.41, 5.74) is 2.86.